The van der Waals surface area contributed by atoms with Crippen molar-refractivity contribution in [3.05, 3.63) is 109 Å². The maximum atomic E-state index is 5.78. The number of nitrogens with one attached hydrogen (secondary N) is 1. The van der Waals surface area contributed by atoms with E-state index >= 15 is 0 Å². The molecule has 0 amide bonds. The molecule has 5 aromatic rings. The van der Waals surface area contributed by atoms with Crippen molar-refractivity contribution in [2.45, 2.75) is 0 Å². The molecule has 0 spiro atoms. The summed E-state index contributed by atoms with van der Waals surface area (Å²) in [6.07, 6.45) is 0. The lowest BCUT2D eigenvalue weighted by Crippen LogP contribution is -2.50. The van der Waals surface area contributed by atoms with Crippen molar-refractivity contribution in [3.63, 3.8) is 0 Å². The molecule has 0 saturated carbocycles. The molecule has 4 aromatic carbocycles. The van der Waals surface area contributed by atoms with E-state index in [0.717, 1.165) is 70.5 Å². The summed E-state index contributed by atoms with van der Waals surface area (Å²) in [5.41, 5.74) is 7.71. The monoisotopic (exact) mass is 501 g/mol. The fourth-order valence-corrected chi connectivity index (χ4v) is 5.04. The molecule has 5 nitrogen and oxygen atoms in total. The Labute approximate surface area is 222 Å². The Morgan fingerprint density at radius 1 is 0.622 bits per heavy atom. The van der Waals surface area contributed by atoms with Crippen molar-refractivity contribution in [1.82, 2.24) is 14.9 Å². The van der Waals surface area contributed by atoms with Crippen molar-refractivity contribution in [2.24, 2.45) is 0 Å². The minimum absolute atomic E-state index is 0.740. The van der Waals surface area contributed by atoms with E-state index in [1.165, 1.54) is 5.69 Å². The molecule has 1 N–H and O–H groups in total. The highest BCUT2D eigenvalue weighted by atomic mass is 32.1. The first-order valence-corrected chi connectivity index (χ1v) is 12.9. The SMILES string of the molecule is S=C(Nc1ccc2nc(-c3ccccc3)c(-c3ccccc3)nc2c1)N1CCN(c2ccccc2)CC1. The van der Waals surface area contributed by atoms with E-state index in [4.69, 9.17) is 22.2 Å². The lowest BCUT2D eigenvalue weighted by Gasteiger charge is -2.37. The van der Waals surface area contributed by atoms with E-state index < -0.39 is 0 Å². The molecular weight excluding hydrogens is 474 g/mol. The molecule has 2 heterocycles. The number of hydrogen-bond acceptors (Lipinski definition) is 4. The van der Waals surface area contributed by atoms with E-state index in [1.54, 1.807) is 0 Å². The molecule has 1 aliphatic rings. The Bertz CT molecular complexity index is 1520. The van der Waals surface area contributed by atoms with Gasteiger partial charge < -0.3 is 15.1 Å². The van der Waals surface area contributed by atoms with Crippen LogP contribution in [0.25, 0.3) is 33.5 Å². The highest BCUT2D eigenvalue weighted by molar-refractivity contribution is 7.80. The molecule has 0 unspecified atom stereocenters. The van der Waals surface area contributed by atoms with Crippen LogP contribution in [0, 0.1) is 0 Å². The Morgan fingerprint density at radius 2 is 1.16 bits per heavy atom. The number of hydrogen-bond donors (Lipinski definition) is 1. The van der Waals surface area contributed by atoms with E-state index in [1.807, 2.05) is 54.6 Å². The molecule has 37 heavy (non-hydrogen) atoms. The summed E-state index contributed by atoms with van der Waals surface area (Å²) in [4.78, 5) is 14.7. The zero-order valence-corrected chi connectivity index (χ0v) is 21.2. The van der Waals surface area contributed by atoms with Gasteiger partial charge in [-0.1, -0.05) is 78.9 Å². The number of benzene rings is 4. The first kappa shape index (κ1) is 23.1. The fourth-order valence-electron chi connectivity index (χ4n) is 4.74. The maximum Gasteiger partial charge on any atom is 0.173 e. The number of aromatic nitrogens is 2. The number of thiocarbonyl (C=S) groups is 1. The van der Waals surface area contributed by atoms with Gasteiger partial charge in [-0.2, -0.15) is 0 Å². The topological polar surface area (TPSA) is 44.3 Å². The van der Waals surface area contributed by atoms with E-state index in [9.17, 15) is 0 Å². The summed E-state index contributed by atoms with van der Waals surface area (Å²) in [6, 6.07) is 37.1. The smallest absolute Gasteiger partial charge is 0.173 e. The summed E-state index contributed by atoms with van der Waals surface area (Å²) < 4.78 is 0. The zero-order chi connectivity index (χ0) is 25.0. The summed E-state index contributed by atoms with van der Waals surface area (Å²) in [5, 5.41) is 4.17. The lowest BCUT2D eigenvalue weighted by atomic mass is 10.0. The number of fused-ring (bicyclic) bond motifs is 1. The van der Waals surface area contributed by atoms with E-state index in [2.05, 4.69) is 69.7 Å². The predicted octanol–water partition coefficient (Wildman–Crippen LogP) is 6.48. The summed E-state index contributed by atoms with van der Waals surface area (Å²) in [6.45, 7) is 3.65. The van der Waals surface area contributed by atoms with Crippen molar-refractivity contribution >= 4 is 39.7 Å². The molecule has 0 aliphatic carbocycles. The van der Waals surface area contributed by atoms with Gasteiger partial charge in [-0.05, 0) is 42.5 Å². The van der Waals surface area contributed by atoms with Crippen molar-refractivity contribution in [2.75, 3.05) is 36.4 Å². The maximum absolute atomic E-state index is 5.78. The average Bonchev–Trinajstić information content (AvgIpc) is 2.98. The Hall–Kier alpha value is -4.29. The molecule has 6 heteroatoms. The van der Waals surface area contributed by atoms with Crippen LogP contribution >= 0.6 is 12.2 Å². The molecule has 0 atom stereocenters. The Kier molecular flexibility index (Phi) is 6.48. The summed E-state index contributed by atoms with van der Waals surface area (Å²) in [7, 11) is 0. The van der Waals surface area contributed by atoms with Gasteiger partial charge in [-0.15, -0.1) is 0 Å². The van der Waals surface area contributed by atoms with Gasteiger partial charge in [0.15, 0.2) is 5.11 Å². The van der Waals surface area contributed by atoms with Gasteiger partial charge in [-0.25, -0.2) is 9.97 Å². The normalized spacial score (nSPS) is 13.5. The van der Waals surface area contributed by atoms with Gasteiger partial charge in [0.25, 0.3) is 0 Å². The van der Waals surface area contributed by atoms with Gasteiger partial charge in [0.05, 0.1) is 22.4 Å². The van der Waals surface area contributed by atoms with Gasteiger partial charge in [0.2, 0.25) is 0 Å². The third-order valence-electron chi connectivity index (χ3n) is 6.70. The minimum atomic E-state index is 0.740. The second-order valence-corrected chi connectivity index (χ2v) is 9.48. The van der Waals surface area contributed by atoms with Crippen LogP contribution in [0.1, 0.15) is 0 Å². The van der Waals surface area contributed by atoms with Crippen LogP contribution in [0.5, 0.6) is 0 Å². The van der Waals surface area contributed by atoms with Crippen LogP contribution in [0.3, 0.4) is 0 Å². The highest BCUT2D eigenvalue weighted by Crippen LogP contribution is 2.31. The van der Waals surface area contributed by atoms with Gasteiger partial charge in [0, 0.05) is 48.7 Å². The van der Waals surface area contributed by atoms with Crippen molar-refractivity contribution < 1.29 is 0 Å². The molecule has 1 fully saturated rings. The quantitative estimate of drug-likeness (QED) is 0.284. The van der Waals surface area contributed by atoms with Crippen LogP contribution in [0.15, 0.2) is 109 Å². The molecular formula is C31H27N5S. The third kappa shape index (κ3) is 5.01. The molecule has 182 valence electrons. The zero-order valence-electron chi connectivity index (χ0n) is 20.4. The molecule has 0 radical (unpaired) electrons. The van der Waals surface area contributed by atoms with Crippen LogP contribution in [-0.2, 0) is 0 Å². The largest absolute Gasteiger partial charge is 0.368 e. The standard InChI is InChI=1S/C31H27N5S/c37-31(36-20-18-35(19-21-36)26-14-8-3-9-15-26)32-25-16-17-27-28(22-25)34-30(24-12-6-2-7-13-24)29(33-27)23-10-4-1-5-11-23/h1-17,22H,18-21H2,(H,32,37). The van der Waals surface area contributed by atoms with Crippen LogP contribution in [0.4, 0.5) is 11.4 Å². The lowest BCUT2D eigenvalue weighted by molar-refractivity contribution is 0.391. The Balaban J connectivity index is 1.24. The van der Waals surface area contributed by atoms with Gasteiger partial charge in [-0.3, -0.25) is 0 Å². The fraction of sp³-hybridized carbons (Fsp3) is 0.129. The van der Waals surface area contributed by atoms with Gasteiger partial charge >= 0.3 is 0 Å². The second-order valence-electron chi connectivity index (χ2n) is 9.10. The Morgan fingerprint density at radius 3 is 1.76 bits per heavy atom. The summed E-state index contributed by atoms with van der Waals surface area (Å²) >= 11 is 5.78. The van der Waals surface area contributed by atoms with Crippen LogP contribution in [0.2, 0.25) is 0 Å². The molecule has 1 saturated heterocycles. The van der Waals surface area contributed by atoms with Crippen LogP contribution in [-0.4, -0.2) is 46.2 Å². The van der Waals surface area contributed by atoms with Crippen molar-refractivity contribution in [1.29, 1.82) is 0 Å². The average molecular weight is 502 g/mol. The molecule has 0 bridgehead atoms. The van der Waals surface area contributed by atoms with Crippen LogP contribution < -0.4 is 10.2 Å². The second kappa shape index (κ2) is 10.4. The molecule has 6 rings (SSSR count). The first-order valence-electron chi connectivity index (χ1n) is 12.5. The van der Waals surface area contributed by atoms with E-state index in [-0.39, 0.29) is 0 Å². The minimum Gasteiger partial charge on any atom is -0.368 e. The number of anilines is 2. The van der Waals surface area contributed by atoms with Gasteiger partial charge in [0.1, 0.15) is 0 Å². The number of rotatable bonds is 4. The molecule has 1 aliphatic heterocycles. The number of nitrogens with zero attached hydrogens (tertiary/aromatic N) is 4. The van der Waals surface area contributed by atoms with E-state index in [0.29, 0.717) is 0 Å². The summed E-state index contributed by atoms with van der Waals surface area (Å²) in [5.74, 6) is 0. The van der Waals surface area contributed by atoms with Crippen molar-refractivity contribution in [3.8, 4) is 22.5 Å². The number of para-hydroxylation sites is 1. The predicted molar refractivity (Wildman–Crippen MR) is 157 cm³/mol. The highest BCUT2D eigenvalue weighted by Gasteiger charge is 2.19. The first-order chi connectivity index (χ1) is 18.2. The molecule has 1 aromatic heterocycles. The number of piperazine rings is 1. The third-order valence-corrected chi connectivity index (χ3v) is 7.06.